The standard InChI is InChI=1S/C12H16N4OS/c1-8-5-16(6-9(8)13)7-11-14-12(15-17-11)10-3-2-4-18-10/h2-4,8-9H,5-7,13H2,1H3. The highest BCUT2D eigenvalue weighted by molar-refractivity contribution is 7.13. The van der Waals surface area contributed by atoms with E-state index >= 15 is 0 Å². The molecule has 0 bridgehead atoms. The number of nitrogens with zero attached hydrogens (tertiary/aromatic N) is 3. The summed E-state index contributed by atoms with van der Waals surface area (Å²) < 4.78 is 5.28. The lowest BCUT2D eigenvalue weighted by Gasteiger charge is -2.11. The Morgan fingerprint density at radius 1 is 1.56 bits per heavy atom. The number of thiophene rings is 1. The van der Waals surface area contributed by atoms with Crippen LogP contribution in [0.1, 0.15) is 12.8 Å². The minimum Gasteiger partial charge on any atom is -0.338 e. The van der Waals surface area contributed by atoms with Crippen LogP contribution >= 0.6 is 11.3 Å². The summed E-state index contributed by atoms with van der Waals surface area (Å²) in [6.07, 6.45) is 0. The fraction of sp³-hybridized carbons (Fsp3) is 0.500. The van der Waals surface area contributed by atoms with Gasteiger partial charge in [-0.15, -0.1) is 11.3 Å². The second-order valence-corrected chi connectivity index (χ2v) is 5.77. The van der Waals surface area contributed by atoms with Gasteiger partial charge in [0.25, 0.3) is 0 Å². The van der Waals surface area contributed by atoms with Crippen LogP contribution in [0.25, 0.3) is 10.7 Å². The first-order chi connectivity index (χ1) is 8.72. The molecule has 5 nitrogen and oxygen atoms in total. The second-order valence-electron chi connectivity index (χ2n) is 4.82. The van der Waals surface area contributed by atoms with Gasteiger partial charge in [0.1, 0.15) is 0 Å². The highest BCUT2D eigenvalue weighted by atomic mass is 32.1. The van der Waals surface area contributed by atoms with Crippen LogP contribution in [0.3, 0.4) is 0 Å². The molecule has 18 heavy (non-hydrogen) atoms. The summed E-state index contributed by atoms with van der Waals surface area (Å²) in [5.41, 5.74) is 6.00. The third-order valence-corrected chi connectivity index (χ3v) is 4.18. The maximum absolute atomic E-state index is 6.00. The molecule has 1 saturated heterocycles. The van der Waals surface area contributed by atoms with Gasteiger partial charge < -0.3 is 10.3 Å². The van der Waals surface area contributed by atoms with Crippen LogP contribution in [0.15, 0.2) is 22.0 Å². The molecule has 0 aromatic carbocycles. The van der Waals surface area contributed by atoms with Crippen LogP contribution in [-0.4, -0.2) is 34.2 Å². The van der Waals surface area contributed by atoms with Gasteiger partial charge in [0.05, 0.1) is 11.4 Å². The Labute approximate surface area is 110 Å². The molecule has 96 valence electrons. The van der Waals surface area contributed by atoms with Gasteiger partial charge in [-0.25, -0.2) is 0 Å². The third-order valence-electron chi connectivity index (χ3n) is 3.31. The first kappa shape index (κ1) is 11.8. The zero-order valence-corrected chi connectivity index (χ0v) is 11.1. The van der Waals surface area contributed by atoms with E-state index in [-0.39, 0.29) is 6.04 Å². The molecule has 3 heterocycles. The lowest BCUT2D eigenvalue weighted by Crippen LogP contribution is -2.28. The van der Waals surface area contributed by atoms with Crippen molar-refractivity contribution in [1.29, 1.82) is 0 Å². The fourth-order valence-corrected chi connectivity index (χ4v) is 2.89. The zero-order chi connectivity index (χ0) is 12.5. The van der Waals surface area contributed by atoms with Crippen LogP contribution < -0.4 is 5.73 Å². The molecule has 0 aliphatic carbocycles. The van der Waals surface area contributed by atoms with Crippen LogP contribution in [0.4, 0.5) is 0 Å². The molecular formula is C12H16N4OS. The molecule has 0 amide bonds. The van der Waals surface area contributed by atoms with E-state index in [0.717, 1.165) is 18.0 Å². The number of hydrogen-bond acceptors (Lipinski definition) is 6. The van der Waals surface area contributed by atoms with Gasteiger partial charge in [-0.1, -0.05) is 18.1 Å². The van der Waals surface area contributed by atoms with Crippen molar-refractivity contribution in [3.63, 3.8) is 0 Å². The lowest BCUT2D eigenvalue weighted by atomic mass is 10.1. The fourth-order valence-electron chi connectivity index (χ4n) is 2.24. The Hall–Kier alpha value is -1.24. The van der Waals surface area contributed by atoms with Crippen molar-refractivity contribution < 1.29 is 4.52 Å². The molecule has 1 fully saturated rings. The average molecular weight is 264 g/mol. The summed E-state index contributed by atoms with van der Waals surface area (Å²) >= 11 is 1.61. The summed E-state index contributed by atoms with van der Waals surface area (Å²) in [4.78, 5) is 7.72. The van der Waals surface area contributed by atoms with E-state index in [2.05, 4.69) is 22.0 Å². The molecule has 1 aliphatic heterocycles. The minimum absolute atomic E-state index is 0.254. The third kappa shape index (κ3) is 2.31. The number of aromatic nitrogens is 2. The van der Waals surface area contributed by atoms with Crippen LogP contribution in [0.2, 0.25) is 0 Å². The minimum atomic E-state index is 0.254. The average Bonchev–Trinajstić information content (AvgIpc) is 3.02. The molecule has 2 unspecified atom stereocenters. The maximum atomic E-state index is 6.00. The van der Waals surface area contributed by atoms with E-state index in [9.17, 15) is 0 Å². The van der Waals surface area contributed by atoms with E-state index in [0.29, 0.717) is 24.2 Å². The van der Waals surface area contributed by atoms with Crippen LogP contribution in [0, 0.1) is 5.92 Å². The number of rotatable bonds is 3. The molecule has 0 spiro atoms. The molecule has 2 aromatic rings. The van der Waals surface area contributed by atoms with Gasteiger partial charge in [-0.2, -0.15) is 4.98 Å². The van der Waals surface area contributed by atoms with E-state index < -0.39 is 0 Å². The number of hydrogen-bond donors (Lipinski definition) is 1. The van der Waals surface area contributed by atoms with Gasteiger partial charge in [0.2, 0.25) is 11.7 Å². The largest absolute Gasteiger partial charge is 0.338 e. The first-order valence-corrected chi connectivity index (χ1v) is 6.95. The zero-order valence-electron chi connectivity index (χ0n) is 10.2. The Morgan fingerprint density at radius 2 is 2.44 bits per heavy atom. The Kier molecular flexibility index (Phi) is 3.15. The highest BCUT2D eigenvalue weighted by Gasteiger charge is 2.27. The molecule has 6 heteroatoms. The van der Waals surface area contributed by atoms with Crippen LogP contribution in [-0.2, 0) is 6.54 Å². The monoisotopic (exact) mass is 264 g/mol. The normalized spacial score (nSPS) is 24.8. The molecule has 2 atom stereocenters. The van der Waals surface area contributed by atoms with Gasteiger partial charge >= 0.3 is 0 Å². The molecule has 0 radical (unpaired) electrons. The Morgan fingerprint density at radius 3 is 3.11 bits per heavy atom. The van der Waals surface area contributed by atoms with Gasteiger partial charge in [-0.05, 0) is 17.4 Å². The molecule has 0 saturated carbocycles. The Balaban J connectivity index is 1.68. The SMILES string of the molecule is CC1CN(Cc2nc(-c3cccs3)no2)CC1N. The van der Waals surface area contributed by atoms with Crippen molar-refractivity contribution in [2.45, 2.75) is 19.5 Å². The van der Waals surface area contributed by atoms with E-state index in [1.807, 2.05) is 17.5 Å². The summed E-state index contributed by atoms with van der Waals surface area (Å²) in [6, 6.07) is 4.23. The van der Waals surface area contributed by atoms with Crippen LogP contribution in [0.5, 0.6) is 0 Å². The maximum Gasteiger partial charge on any atom is 0.241 e. The topological polar surface area (TPSA) is 68.2 Å². The molecule has 1 aliphatic rings. The van der Waals surface area contributed by atoms with E-state index in [1.54, 1.807) is 11.3 Å². The van der Waals surface area contributed by atoms with Crippen molar-refractivity contribution in [2.75, 3.05) is 13.1 Å². The molecule has 2 N–H and O–H groups in total. The highest BCUT2D eigenvalue weighted by Crippen LogP contribution is 2.22. The predicted octanol–water partition coefficient (Wildman–Crippen LogP) is 1.58. The van der Waals surface area contributed by atoms with Gasteiger partial charge in [0.15, 0.2) is 0 Å². The van der Waals surface area contributed by atoms with Crippen molar-refractivity contribution in [2.24, 2.45) is 11.7 Å². The Bertz CT molecular complexity index is 500. The lowest BCUT2D eigenvalue weighted by molar-refractivity contribution is 0.261. The summed E-state index contributed by atoms with van der Waals surface area (Å²) in [7, 11) is 0. The van der Waals surface area contributed by atoms with Crippen molar-refractivity contribution in [3.05, 3.63) is 23.4 Å². The molecule has 2 aromatic heterocycles. The first-order valence-electron chi connectivity index (χ1n) is 6.07. The van der Waals surface area contributed by atoms with Gasteiger partial charge in [-0.3, -0.25) is 4.90 Å². The van der Waals surface area contributed by atoms with Gasteiger partial charge in [0, 0.05) is 19.1 Å². The number of likely N-dealkylation sites (tertiary alicyclic amines) is 1. The van der Waals surface area contributed by atoms with Crippen molar-refractivity contribution >= 4 is 11.3 Å². The number of nitrogens with two attached hydrogens (primary N) is 1. The quantitative estimate of drug-likeness (QED) is 0.911. The second kappa shape index (κ2) is 4.79. The predicted molar refractivity (Wildman–Crippen MR) is 70.0 cm³/mol. The smallest absolute Gasteiger partial charge is 0.241 e. The summed E-state index contributed by atoms with van der Waals surface area (Å²) in [5.74, 6) is 1.88. The van der Waals surface area contributed by atoms with E-state index in [1.165, 1.54) is 0 Å². The molecule has 3 rings (SSSR count). The summed E-state index contributed by atoms with van der Waals surface area (Å²) in [6.45, 7) is 4.77. The van der Waals surface area contributed by atoms with Crippen molar-refractivity contribution in [1.82, 2.24) is 15.0 Å². The summed E-state index contributed by atoms with van der Waals surface area (Å²) in [5, 5.41) is 6.01. The van der Waals surface area contributed by atoms with E-state index in [4.69, 9.17) is 10.3 Å². The van der Waals surface area contributed by atoms with Crippen molar-refractivity contribution in [3.8, 4) is 10.7 Å². The molecular weight excluding hydrogens is 248 g/mol.